The molecule has 1 heterocycles. The third-order valence-electron chi connectivity index (χ3n) is 5.14. The number of benzene rings is 2. The van der Waals surface area contributed by atoms with Crippen molar-refractivity contribution in [3.63, 3.8) is 0 Å². The SMILES string of the molecule is C=C/C=C(\N=C)C1CCN(C(=O)c2ccc(NCc3ccccc3)cc2)CC1. The zero-order chi connectivity index (χ0) is 19.8. The van der Waals surface area contributed by atoms with Gasteiger partial charge in [0.05, 0.1) is 0 Å². The molecular weight excluding hydrogens is 346 g/mol. The van der Waals surface area contributed by atoms with Gasteiger partial charge >= 0.3 is 0 Å². The van der Waals surface area contributed by atoms with Crippen molar-refractivity contribution >= 4 is 18.3 Å². The van der Waals surface area contributed by atoms with E-state index in [2.05, 4.69) is 35.7 Å². The van der Waals surface area contributed by atoms with E-state index in [0.717, 1.165) is 49.4 Å². The summed E-state index contributed by atoms with van der Waals surface area (Å²) < 4.78 is 0. The number of hydrogen-bond donors (Lipinski definition) is 1. The molecule has 4 heteroatoms. The van der Waals surface area contributed by atoms with Gasteiger partial charge in [-0.15, -0.1) is 0 Å². The molecule has 1 aliphatic rings. The van der Waals surface area contributed by atoms with Gasteiger partial charge in [0.2, 0.25) is 0 Å². The van der Waals surface area contributed by atoms with Gasteiger partial charge in [0.25, 0.3) is 5.91 Å². The predicted octanol–water partition coefficient (Wildman–Crippen LogP) is 4.92. The second-order valence-electron chi connectivity index (χ2n) is 6.97. The van der Waals surface area contributed by atoms with Crippen molar-refractivity contribution < 1.29 is 4.79 Å². The van der Waals surface area contributed by atoms with Crippen molar-refractivity contribution in [3.05, 3.63) is 90.2 Å². The largest absolute Gasteiger partial charge is 0.381 e. The molecule has 0 unspecified atom stereocenters. The molecule has 1 amide bonds. The third-order valence-corrected chi connectivity index (χ3v) is 5.14. The van der Waals surface area contributed by atoms with Gasteiger partial charge in [-0.2, -0.15) is 0 Å². The minimum absolute atomic E-state index is 0.0915. The van der Waals surface area contributed by atoms with Crippen molar-refractivity contribution in [3.8, 4) is 0 Å². The lowest BCUT2D eigenvalue weighted by Crippen LogP contribution is -2.38. The summed E-state index contributed by atoms with van der Waals surface area (Å²) in [4.78, 5) is 18.8. The molecule has 0 spiro atoms. The van der Waals surface area contributed by atoms with Crippen LogP contribution in [0.3, 0.4) is 0 Å². The first-order chi connectivity index (χ1) is 13.7. The molecule has 28 heavy (non-hydrogen) atoms. The van der Waals surface area contributed by atoms with Gasteiger partial charge in [0, 0.05) is 42.5 Å². The Morgan fingerprint density at radius 1 is 1.11 bits per heavy atom. The average molecular weight is 374 g/mol. The highest BCUT2D eigenvalue weighted by Gasteiger charge is 2.25. The number of carbonyl (C=O) groups excluding carboxylic acids is 1. The van der Waals surface area contributed by atoms with Crippen LogP contribution in [0, 0.1) is 5.92 Å². The van der Waals surface area contributed by atoms with Crippen LogP contribution in [0.15, 0.2) is 84.0 Å². The maximum Gasteiger partial charge on any atom is 0.253 e. The smallest absolute Gasteiger partial charge is 0.253 e. The summed E-state index contributed by atoms with van der Waals surface area (Å²) >= 11 is 0. The Balaban J connectivity index is 1.54. The Morgan fingerprint density at radius 2 is 1.79 bits per heavy atom. The molecule has 3 rings (SSSR count). The van der Waals surface area contributed by atoms with Crippen LogP contribution < -0.4 is 5.32 Å². The van der Waals surface area contributed by atoms with Gasteiger partial charge in [0.1, 0.15) is 0 Å². The van der Waals surface area contributed by atoms with Gasteiger partial charge in [-0.1, -0.05) is 43.0 Å². The van der Waals surface area contributed by atoms with Crippen LogP contribution in [-0.2, 0) is 6.54 Å². The number of likely N-dealkylation sites (tertiary alicyclic amines) is 1. The van der Waals surface area contributed by atoms with Crippen molar-refractivity contribution in [2.75, 3.05) is 18.4 Å². The number of nitrogens with one attached hydrogen (secondary N) is 1. The topological polar surface area (TPSA) is 44.7 Å². The highest BCUT2D eigenvalue weighted by Crippen LogP contribution is 2.26. The molecule has 2 aromatic carbocycles. The summed E-state index contributed by atoms with van der Waals surface area (Å²) in [5.41, 5.74) is 3.93. The van der Waals surface area contributed by atoms with E-state index in [0.29, 0.717) is 5.92 Å². The molecule has 4 nitrogen and oxygen atoms in total. The number of aliphatic imine (C=N–C) groups is 1. The number of carbonyl (C=O) groups is 1. The molecule has 2 aromatic rings. The Labute approximate surface area is 167 Å². The summed E-state index contributed by atoms with van der Waals surface area (Å²) in [5, 5.41) is 3.39. The summed E-state index contributed by atoms with van der Waals surface area (Å²) in [5.74, 6) is 0.443. The van der Waals surface area contributed by atoms with Gasteiger partial charge in [-0.25, -0.2) is 0 Å². The summed E-state index contributed by atoms with van der Waals surface area (Å²) in [6, 6.07) is 18.0. The van der Waals surface area contributed by atoms with E-state index in [1.807, 2.05) is 53.4 Å². The molecule has 1 fully saturated rings. The standard InChI is InChI=1S/C24H27N3O/c1-3-7-23(25-2)20-14-16-27(17-15-20)24(28)21-10-12-22(13-11-21)26-18-19-8-5-4-6-9-19/h3-13,20,26H,1-2,14-18H2/b23-7-. The highest BCUT2D eigenvalue weighted by atomic mass is 16.2. The van der Waals surface area contributed by atoms with Crippen molar-refractivity contribution in [2.45, 2.75) is 19.4 Å². The van der Waals surface area contributed by atoms with Gasteiger partial charge in [-0.3, -0.25) is 9.79 Å². The Hall–Kier alpha value is -3.14. The van der Waals surface area contributed by atoms with E-state index in [1.54, 1.807) is 6.08 Å². The number of nitrogens with zero attached hydrogens (tertiary/aromatic N) is 2. The molecule has 1 aliphatic heterocycles. The first kappa shape index (κ1) is 19.6. The van der Waals surface area contributed by atoms with Crippen LogP contribution in [0.2, 0.25) is 0 Å². The number of piperidine rings is 1. The predicted molar refractivity (Wildman–Crippen MR) is 117 cm³/mol. The van der Waals surface area contributed by atoms with Crippen LogP contribution in [0.5, 0.6) is 0 Å². The minimum Gasteiger partial charge on any atom is -0.381 e. The van der Waals surface area contributed by atoms with Crippen molar-refractivity contribution in [2.24, 2.45) is 10.9 Å². The Morgan fingerprint density at radius 3 is 2.39 bits per heavy atom. The van der Waals surface area contributed by atoms with Crippen LogP contribution in [0.4, 0.5) is 5.69 Å². The first-order valence-corrected chi connectivity index (χ1v) is 9.67. The molecule has 144 valence electrons. The lowest BCUT2D eigenvalue weighted by Gasteiger charge is -2.32. The maximum atomic E-state index is 12.8. The zero-order valence-corrected chi connectivity index (χ0v) is 16.2. The minimum atomic E-state index is 0.0915. The van der Waals surface area contributed by atoms with Crippen molar-refractivity contribution in [1.82, 2.24) is 4.90 Å². The van der Waals surface area contributed by atoms with Crippen LogP contribution in [-0.4, -0.2) is 30.6 Å². The molecule has 0 aliphatic carbocycles. The highest BCUT2D eigenvalue weighted by molar-refractivity contribution is 5.94. The molecule has 0 saturated carbocycles. The quantitative estimate of drug-likeness (QED) is 0.553. The van der Waals surface area contributed by atoms with Gasteiger partial charge in [0.15, 0.2) is 0 Å². The van der Waals surface area contributed by atoms with Crippen LogP contribution >= 0.6 is 0 Å². The fourth-order valence-corrected chi connectivity index (χ4v) is 3.53. The van der Waals surface area contributed by atoms with E-state index < -0.39 is 0 Å². The molecule has 0 radical (unpaired) electrons. The number of allylic oxidation sites excluding steroid dienone is 3. The zero-order valence-electron chi connectivity index (χ0n) is 16.2. The lowest BCUT2D eigenvalue weighted by atomic mass is 9.93. The van der Waals surface area contributed by atoms with E-state index in [4.69, 9.17) is 0 Å². The molecule has 0 aromatic heterocycles. The summed E-state index contributed by atoms with van der Waals surface area (Å²) in [6.45, 7) is 9.61. The molecule has 0 bridgehead atoms. The number of anilines is 1. The van der Waals surface area contributed by atoms with Gasteiger partial charge < -0.3 is 10.2 Å². The third kappa shape index (κ3) is 4.97. The summed E-state index contributed by atoms with van der Waals surface area (Å²) in [7, 11) is 0. The Kier molecular flexibility index (Phi) is 6.79. The monoisotopic (exact) mass is 373 g/mol. The molecule has 1 N–H and O–H groups in total. The fourth-order valence-electron chi connectivity index (χ4n) is 3.53. The van der Waals surface area contributed by atoms with Crippen LogP contribution in [0.1, 0.15) is 28.8 Å². The Bertz CT molecular complexity index is 832. The normalized spacial score (nSPS) is 15.1. The average Bonchev–Trinajstić information content (AvgIpc) is 2.77. The maximum absolute atomic E-state index is 12.8. The van der Waals surface area contributed by atoms with E-state index in [1.165, 1.54) is 5.56 Å². The van der Waals surface area contributed by atoms with E-state index in [-0.39, 0.29) is 5.91 Å². The molecule has 1 saturated heterocycles. The van der Waals surface area contributed by atoms with Gasteiger partial charge in [-0.05, 0) is 55.5 Å². The van der Waals surface area contributed by atoms with Crippen molar-refractivity contribution in [1.29, 1.82) is 0 Å². The lowest BCUT2D eigenvalue weighted by molar-refractivity contribution is 0.0702. The van der Waals surface area contributed by atoms with Crippen LogP contribution in [0.25, 0.3) is 0 Å². The molecule has 0 atom stereocenters. The summed E-state index contributed by atoms with van der Waals surface area (Å²) in [6.07, 6.45) is 5.47. The second-order valence-corrected chi connectivity index (χ2v) is 6.97. The molecular formula is C24H27N3O. The number of amides is 1. The second kappa shape index (κ2) is 9.70. The fraction of sp³-hybridized carbons (Fsp3) is 0.250. The van der Waals surface area contributed by atoms with E-state index in [9.17, 15) is 4.79 Å². The van der Waals surface area contributed by atoms with E-state index >= 15 is 0 Å². The first-order valence-electron chi connectivity index (χ1n) is 9.67. The number of hydrogen-bond acceptors (Lipinski definition) is 3. The number of rotatable bonds is 7.